The topological polar surface area (TPSA) is 81.2 Å². The molecular weight excluding hydrogens is 443 g/mol. The average molecular weight is 461 g/mol. The summed E-state index contributed by atoms with van der Waals surface area (Å²) in [6, 6.07) is 12.0. The van der Waals surface area contributed by atoms with Gasteiger partial charge in [-0.1, -0.05) is 42.5 Å². The van der Waals surface area contributed by atoms with Crippen LogP contribution in [-0.4, -0.2) is 22.1 Å². The van der Waals surface area contributed by atoms with Crippen LogP contribution in [0.1, 0.15) is 38.4 Å². The number of aromatic nitrogens is 2. The first-order chi connectivity index (χ1) is 15.2. The van der Waals surface area contributed by atoms with Crippen LogP contribution in [0.2, 0.25) is 0 Å². The van der Waals surface area contributed by atoms with Crippen LogP contribution in [0, 0.1) is 0 Å². The second-order valence-corrected chi connectivity index (χ2v) is 7.63. The zero-order chi connectivity index (χ0) is 23.1. The number of carbonyl (C=O) groups is 2. The number of hydrogen-bond acceptors (Lipinski definition) is 6. The number of benzene rings is 2. The Morgan fingerprint density at radius 2 is 1.88 bits per heavy atom. The Bertz CT molecular complexity index is 1130. The summed E-state index contributed by atoms with van der Waals surface area (Å²) in [5.74, 6) is -1.20. The average Bonchev–Trinajstić information content (AvgIpc) is 3.26. The fraction of sp³-hybridized carbons (Fsp3) is 0.182. The molecule has 1 amide bonds. The van der Waals surface area contributed by atoms with Crippen LogP contribution in [0.4, 0.5) is 18.9 Å². The Labute approximate surface area is 185 Å². The molecule has 0 bridgehead atoms. The summed E-state index contributed by atoms with van der Waals surface area (Å²) in [7, 11) is 0. The fourth-order valence-electron chi connectivity index (χ4n) is 2.58. The van der Waals surface area contributed by atoms with Gasteiger partial charge in [-0.2, -0.15) is 13.2 Å². The number of ether oxygens (including phenoxy) is 1. The van der Waals surface area contributed by atoms with Gasteiger partial charge >= 0.3 is 12.1 Å². The van der Waals surface area contributed by atoms with E-state index in [2.05, 4.69) is 15.5 Å². The van der Waals surface area contributed by atoms with E-state index in [0.29, 0.717) is 10.7 Å². The first kappa shape index (κ1) is 23.1. The monoisotopic (exact) mass is 461 g/mol. The zero-order valence-electron chi connectivity index (χ0n) is 16.8. The second kappa shape index (κ2) is 10.2. The van der Waals surface area contributed by atoms with E-state index in [1.807, 2.05) is 19.1 Å². The van der Waals surface area contributed by atoms with Gasteiger partial charge in [0.2, 0.25) is 5.01 Å². The summed E-state index contributed by atoms with van der Waals surface area (Å²) in [6.07, 6.45) is -1.34. The van der Waals surface area contributed by atoms with Crippen molar-refractivity contribution in [2.75, 3.05) is 5.32 Å². The number of alkyl halides is 3. The number of hydrogen-bond donors (Lipinski definition) is 1. The number of anilines is 1. The van der Waals surface area contributed by atoms with E-state index in [9.17, 15) is 22.8 Å². The standard InChI is InChI=1S/C22H18F3N3O3S/c1-2-14-6-9-17(10-7-14)26-20(30)21-28-27-18(32-21)13-31-19(29)11-8-15-4-3-5-16(12-15)22(23,24)25/h3-12H,2,13H2,1H3,(H,26,30). The first-order valence-corrected chi connectivity index (χ1v) is 10.3. The molecular formula is C22H18F3N3O3S. The maximum atomic E-state index is 12.7. The van der Waals surface area contributed by atoms with Crippen LogP contribution in [-0.2, 0) is 28.7 Å². The van der Waals surface area contributed by atoms with Crippen LogP contribution in [0.5, 0.6) is 0 Å². The minimum Gasteiger partial charge on any atom is -0.455 e. The molecule has 166 valence electrons. The lowest BCUT2D eigenvalue weighted by molar-refractivity contribution is -0.139. The number of rotatable bonds is 7. The smallest absolute Gasteiger partial charge is 0.416 e. The highest BCUT2D eigenvalue weighted by Gasteiger charge is 2.30. The van der Waals surface area contributed by atoms with E-state index >= 15 is 0 Å². The maximum absolute atomic E-state index is 12.7. The summed E-state index contributed by atoms with van der Waals surface area (Å²) in [5, 5.41) is 10.7. The normalized spacial score (nSPS) is 11.5. The second-order valence-electron chi connectivity index (χ2n) is 6.57. The van der Waals surface area contributed by atoms with Crippen LogP contribution >= 0.6 is 11.3 Å². The number of esters is 1. The number of nitrogens with one attached hydrogen (secondary N) is 1. The molecule has 0 fully saturated rings. The lowest BCUT2D eigenvalue weighted by Gasteiger charge is -2.06. The first-order valence-electron chi connectivity index (χ1n) is 9.49. The Balaban J connectivity index is 1.52. The number of carbonyl (C=O) groups excluding carboxylic acids is 2. The summed E-state index contributed by atoms with van der Waals surface area (Å²) in [6.45, 7) is 1.81. The van der Waals surface area contributed by atoms with Gasteiger partial charge in [0.05, 0.1) is 5.56 Å². The van der Waals surface area contributed by atoms with Gasteiger partial charge in [-0.3, -0.25) is 4.79 Å². The highest BCUT2D eigenvalue weighted by atomic mass is 32.1. The number of nitrogens with zero attached hydrogens (tertiary/aromatic N) is 2. The molecule has 0 unspecified atom stereocenters. The third-order valence-corrected chi connectivity index (χ3v) is 5.14. The predicted molar refractivity (Wildman–Crippen MR) is 114 cm³/mol. The van der Waals surface area contributed by atoms with Crippen molar-refractivity contribution in [1.29, 1.82) is 0 Å². The quantitative estimate of drug-likeness (QED) is 0.390. The maximum Gasteiger partial charge on any atom is 0.416 e. The Kier molecular flexibility index (Phi) is 7.37. The molecule has 1 heterocycles. The van der Waals surface area contributed by atoms with Gasteiger partial charge in [-0.25, -0.2) is 4.79 Å². The lowest BCUT2D eigenvalue weighted by Crippen LogP contribution is -2.11. The molecule has 3 aromatic rings. The SMILES string of the molecule is CCc1ccc(NC(=O)c2nnc(COC(=O)C=Cc3cccc(C(F)(F)F)c3)s2)cc1. The molecule has 0 saturated carbocycles. The van der Waals surface area contributed by atoms with Gasteiger partial charge in [0.1, 0.15) is 6.61 Å². The molecule has 0 radical (unpaired) electrons. The molecule has 0 atom stereocenters. The van der Waals surface area contributed by atoms with Crippen molar-refractivity contribution < 1.29 is 27.5 Å². The van der Waals surface area contributed by atoms with Crippen molar-refractivity contribution in [2.24, 2.45) is 0 Å². The van der Waals surface area contributed by atoms with Gasteiger partial charge < -0.3 is 10.1 Å². The van der Waals surface area contributed by atoms with E-state index in [1.54, 1.807) is 12.1 Å². The molecule has 3 rings (SSSR count). The molecule has 0 aliphatic rings. The summed E-state index contributed by atoms with van der Waals surface area (Å²) in [4.78, 5) is 24.1. The van der Waals surface area contributed by atoms with E-state index in [1.165, 1.54) is 18.2 Å². The Morgan fingerprint density at radius 1 is 1.12 bits per heavy atom. The minimum atomic E-state index is -4.47. The van der Waals surface area contributed by atoms with Crippen molar-refractivity contribution in [2.45, 2.75) is 26.1 Å². The van der Waals surface area contributed by atoms with E-state index in [4.69, 9.17) is 4.74 Å². The lowest BCUT2D eigenvalue weighted by atomic mass is 10.1. The molecule has 1 N–H and O–H groups in total. The van der Waals surface area contributed by atoms with Crippen LogP contribution in [0.15, 0.2) is 54.6 Å². The molecule has 0 saturated heterocycles. The van der Waals surface area contributed by atoms with Crippen molar-refractivity contribution in [1.82, 2.24) is 10.2 Å². The Hall–Kier alpha value is -3.53. The Morgan fingerprint density at radius 3 is 2.56 bits per heavy atom. The summed E-state index contributed by atoms with van der Waals surface area (Å²) < 4.78 is 43.2. The van der Waals surface area contributed by atoms with Gasteiger partial charge in [0.15, 0.2) is 5.01 Å². The van der Waals surface area contributed by atoms with Gasteiger partial charge in [-0.15, -0.1) is 10.2 Å². The molecule has 0 aliphatic carbocycles. The highest BCUT2D eigenvalue weighted by Crippen LogP contribution is 2.29. The largest absolute Gasteiger partial charge is 0.455 e. The van der Waals surface area contributed by atoms with Crippen molar-refractivity contribution in [3.63, 3.8) is 0 Å². The zero-order valence-corrected chi connectivity index (χ0v) is 17.7. The highest BCUT2D eigenvalue weighted by molar-refractivity contribution is 7.13. The van der Waals surface area contributed by atoms with Crippen LogP contribution in [0.25, 0.3) is 6.08 Å². The molecule has 0 spiro atoms. The molecule has 2 aromatic carbocycles. The number of aryl methyl sites for hydroxylation is 1. The van der Waals surface area contributed by atoms with Gasteiger partial charge in [0, 0.05) is 11.8 Å². The third-order valence-electron chi connectivity index (χ3n) is 4.24. The number of amides is 1. The molecule has 0 aliphatic heterocycles. The third kappa shape index (κ3) is 6.48. The van der Waals surface area contributed by atoms with E-state index in [-0.39, 0.29) is 17.2 Å². The van der Waals surface area contributed by atoms with Crippen molar-refractivity contribution >= 4 is 35.0 Å². The summed E-state index contributed by atoms with van der Waals surface area (Å²) >= 11 is 0.968. The van der Waals surface area contributed by atoms with Gasteiger partial charge in [0.25, 0.3) is 5.91 Å². The van der Waals surface area contributed by atoms with Crippen molar-refractivity contribution in [3.8, 4) is 0 Å². The van der Waals surface area contributed by atoms with E-state index in [0.717, 1.165) is 41.5 Å². The molecule has 32 heavy (non-hydrogen) atoms. The number of halogens is 3. The predicted octanol–water partition coefficient (Wildman–Crippen LogP) is 5.13. The fourth-order valence-corrected chi connectivity index (χ4v) is 3.22. The molecule has 10 heteroatoms. The molecule has 6 nitrogen and oxygen atoms in total. The van der Waals surface area contributed by atoms with Crippen molar-refractivity contribution in [3.05, 3.63) is 81.3 Å². The summed E-state index contributed by atoms with van der Waals surface area (Å²) in [5.41, 5.74) is 1.16. The van der Waals surface area contributed by atoms with Gasteiger partial charge in [-0.05, 0) is 47.9 Å². The minimum absolute atomic E-state index is 0.107. The van der Waals surface area contributed by atoms with E-state index < -0.39 is 23.6 Å². The van der Waals surface area contributed by atoms with Crippen LogP contribution in [0.3, 0.4) is 0 Å². The molecule has 1 aromatic heterocycles. The van der Waals surface area contributed by atoms with Crippen LogP contribution < -0.4 is 5.32 Å².